The molecule has 0 radical (unpaired) electrons. The molecule has 1 aromatic carbocycles. The molecule has 1 saturated heterocycles. The number of hydrogen-bond acceptors (Lipinski definition) is 7. The number of carbonyl (C=O) groups is 1. The summed E-state index contributed by atoms with van der Waals surface area (Å²) in [6.07, 6.45) is 8.28. The molecule has 5 fully saturated rings. The Morgan fingerprint density at radius 2 is 1.46 bits per heavy atom. The van der Waals surface area contributed by atoms with Crippen LogP contribution in [0.4, 0.5) is 17.1 Å². The van der Waals surface area contributed by atoms with E-state index in [9.17, 15) is 25.0 Å². The van der Waals surface area contributed by atoms with Gasteiger partial charge in [0.05, 0.1) is 15.4 Å². The van der Waals surface area contributed by atoms with E-state index >= 15 is 0 Å². The Labute approximate surface area is 202 Å². The average Bonchev–Trinajstić information content (AvgIpc) is 3.30. The number of aromatic nitrogens is 2. The van der Waals surface area contributed by atoms with Crippen LogP contribution in [0.5, 0.6) is 0 Å². The maximum Gasteiger partial charge on any atom is 0.320 e. The minimum absolute atomic E-state index is 0.0319. The lowest BCUT2D eigenvalue weighted by molar-refractivity contribution is -0.385. The summed E-state index contributed by atoms with van der Waals surface area (Å²) >= 11 is 0. The molecular weight excluding hydrogens is 452 g/mol. The zero-order chi connectivity index (χ0) is 24.3. The summed E-state index contributed by atoms with van der Waals surface area (Å²) in [7, 11) is 0. The number of nitrogens with zero attached hydrogens (tertiary/aromatic N) is 6. The molecule has 4 aliphatic carbocycles. The molecule has 0 N–H and O–H groups in total. The molecule has 0 unspecified atom stereocenters. The van der Waals surface area contributed by atoms with Crippen molar-refractivity contribution in [1.82, 2.24) is 14.7 Å². The molecule has 1 amide bonds. The van der Waals surface area contributed by atoms with E-state index < -0.39 is 15.8 Å². The number of nitro groups is 2. The number of anilines is 1. The SMILES string of the molecule is O=C(c1nn(C23CC4CC(CC(C4)C2)C3)cc1[N+](=O)[O-])N1CCN(c2ccc([N+](=O)[O-])cc2)CC1. The molecule has 4 saturated carbocycles. The van der Waals surface area contributed by atoms with Gasteiger partial charge in [-0.1, -0.05) is 0 Å². The van der Waals surface area contributed by atoms with Crippen LogP contribution < -0.4 is 4.90 Å². The third-order valence-electron chi connectivity index (χ3n) is 8.58. The van der Waals surface area contributed by atoms with Gasteiger partial charge >= 0.3 is 5.69 Å². The number of benzene rings is 1. The Balaban J connectivity index is 1.19. The second kappa shape index (κ2) is 8.03. The molecule has 11 nitrogen and oxygen atoms in total. The molecule has 35 heavy (non-hydrogen) atoms. The predicted molar refractivity (Wildman–Crippen MR) is 126 cm³/mol. The van der Waals surface area contributed by atoms with Crippen LogP contribution in [0.1, 0.15) is 49.0 Å². The van der Waals surface area contributed by atoms with Crippen molar-refractivity contribution in [3.8, 4) is 0 Å². The zero-order valence-corrected chi connectivity index (χ0v) is 19.4. The number of hydrogen-bond donors (Lipinski definition) is 0. The van der Waals surface area contributed by atoms with Crippen LogP contribution in [0.15, 0.2) is 30.5 Å². The fourth-order valence-electron chi connectivity index (χ4n) is 7.34. The van der Waals surface area contributed by atoms with E-state index in [1.54, 1.807) is 21.7 Å². The highest BCUT2D eigenvalue weighted by atomic mass is 16.6. The molecule has 184 valence electrons. The molecule has 1 aromatic heterocycles. The van der Waals surface area contributed by atoms with Gasteiger partial charge in [0.1, 0.15) is 6.20 Å². The van der Waals surface area contributed by atoms with Crippen molar-refractivity contribution in [2.75, 3.05) is 31.1 Å². The highest BCUT2D eigenvalue weighted by molar-refractivity contribution is 5.96. The lowest BCUT2D eigenvalue weighted by atomic mass is 9.53. The molecular formula is C24H28N6O5. The second-order valence-corrected chi connectivity index (χ2v) is 10.8. The molecule has 0 atom stereocenters. The molecule has 4 bridgehead atoms. The quantitative estimate of drug-likeness (QED) is 0.472. The molecule has 11 heteroatoms. The third kappa shape index (κ3) is 3.73. The Kier molecular flexibility index (Phi) is 5.05. The van der Waals surface area contributed by atoms with Crippen LogP contribution in [-0.4, -0.2) is 56.6 Å². The largest absolute Gasteiger partial charge is 0.368 e. The van der Waals surface area contributed by atoms with Gasteiger partial charge in [0, 0.05) is 44.0 Å². The van der Waals surface area contributed by atoms with E-state index in [-0.39, 0.29) is 22.6 Å². The Hall–Kier alpha value is -3.50. The van der Waals surface area contributed by atoms with E-state index in [0.717, 1.165) is 24.9 Å². The first-order valence-electron chi connectivity index (χ1n) is 12.3. The van der Waals surface area contributed by atoms with E-state index in [2.05, 4.69) is 10.00 Å². The van der Waals surface area contributed by atoms with E-state index in [4.69, 9.17) is 0 Å². The van der Waals surface area contributed by atoms with Crippen molar-refractivity contribution < 1.29 is 14.6 Å². The van der Waals surface area contributed by atoms with E-state index in [1.165, 1.54) is 37.6 Å². The summed E-state index contributed by atoms with van der Waals surface area (Å²) < 4.78 is 1.79. The summed E-state index contributed by atoms with van der Waals surface area (Å²) in [5, 5.41) is 27.4. The first-order valence-corrected chi connectivity index (χ1v) is 12.3. The Morgan fingerprint density at radius 1 is 0.886 bits per heavy atom. The van der Waals surface area contributed by atoms with Gasteiger partial charge in [0.15, 0.2) is 0 Å². The summed E-state index contributed by atoms with van der Waals surface area (Å²) in [4.78, 5) is 38.9. The maximum absolute atomic E-state index is 13.4. The molecule has 1 aliphatic heterocycles. The van der Waals surface area contributed by atoms with Crippen LogP contribution in [0, 0.1) is 38.0 Å². The van der Waals surface area contributed by atoms with Gasteiger partial charge in [0.25, 0.3) is 11.6 Å². The number of carbonyl (C=O) groups excluding carboxylic acids is 1. The van der Waals surface area contributed by atoms with Crippen molar-refractivity contribution in [2.45, 2.75) is 44.1 Å². The Morgan fingerprint density at radius 3 is 1.97 bits per heavy atom. The van der Waals surface area contributed by atoms with Crippen molar-refractivity contribution >= 4 is 23.0 Å². The Bertz CT molecular complexity index is 1150. The van der Waals surface area contributed by atoms with Crippen molar-refractivity contribution in [2.24, 2.45) is 17.8 Å². The number of non-ortho nitro benzene ring substituents is 1. The normalized spacial score (nSPS) is 29.4. The molecule has 2 heterocycles. The number of nitro benzene ring substituents is 1. The van der Waals surface area contributed by atoms with Crippen molar-refractivity contribution in [1.29, 1.82) is 0 Å². The zero-order valence-electron chi connectivity index (χ0n) is 19.4. The van der Waals surface area contributed by atoms with Crippen LogP contribution in [0.3, 0.4) is 0 Å². The summed E-state index contributed by atoms with van der Waals surface area (Å²) in [5.74, 6) is 1.59. The fraction of sp³-hybridized carbons (Fsp3) is 0.583. The van der Waals surface area contributed by atoms with Crippen molar-refractivity contribution in [3.63, 3.8) is 0 Å². The summed E-state index contributed by atoms with van der Waals surface area (Å²) in [6, 6.07) is 6.34. The van der Waals surface area contributed by atoms with Gasteiger partial charge in [-0.2, -0.15) is 5.10 Å². The van der Waals surface area contributed by atoms with Crippen molar-refractivity contribution in [3.05, 3.63) is 56.4 Å². The number of piperazine rings is 1. The van der Waals surface area contributed by atoms with Gasteiger partial charge in [-0.25, -0.2) is 0 Å². The third-order valence-corrected chi connectivity index (χ3v) is 8.58. The average molecular weight is 481 g/mol. The number of rotatable bonds is 5. The second-order valence-electron chi connectivity index (χ2n) is 10.8. The maximum atomic E-state index is 13.4. The minimum atomic E-state index is -0.482. The van der Waals surface area contributed by atoms with Crippen LogP contribution in [0.2, 0.25) is 0 Å². The molecule has 5 aliphatic rings. The minimum Gasteiger partial charge on any atom is -0.368 e. The van der Waals surface area contributed by atoms with Gasteiger partial charge in [0.2, 0.25) is 5.69 Å². The molecule has 2 aromatic rings. The van der Waals surface area contributed by atoms with E-state index in [0.29, 0.717) is 43.9 Å². The summed E-state index contributed by atoms with van der Waals surface area (Å²) in [5.41, 5.74) is 0.425. The first-order chi connectivity index (χ1) is 16.8. The predicted octanol–water partition coefficient (Wildman–Crippen LogP) is 3.59. The van der Waals surface area contributed by atoms with Gasteiger partial charge in [-0.05, 0) is 68.4 Å². The lowest BCUT2D eigenvalue weighted by Crippen LogP contribution is -2.52. The topological polar surface area (TPSA) is 128 Å². The van der Waals surface area contributed by atoms with Gasteiger partial charge in [-0.15, -0.1) is 0 Å². The number of amides is 1. The monoisotopic (exact) mass is 480 g/mol. The van der Waals surface area contributed by atoms with Gasteiger partial charge in [-0.3, -0.25) is 29.7 Å². The van der Waals surface area contributed by atoms with Crippen LogP contribution in [0.25, 0.3) is 0 Å². The lowest BCUT2D eigenvalue weighted by Gasteiger charge is -2.56. The smallest absolute Gasteiger partial charge is 0.320 e. The fourth-order valence-corrected chi connectivity index (χ4v) is 7.34. The standard InChI is InChI=1S/C24H28N6O5/c31-23(27-7-5-26(6-8-27)19-1-3-20(4-2-19)29(32)33)22-21(30(34)35)15-28(25-22)24-12-16-9-17(13-24)11-18(10-16)14-24/h1-4,15-18H,5-14H2. The highest BCUT2D eigenvalue weighted by Crippen LogP contribution is 2.58. The highest BCUT2D eigenvalue weighted by Gasteiger charge is 2.53. The molecule has 7 rings (SSSR count). The van der Waals surface area contributed by atoms with Gasteiger partial charge < -0.3 is 9.80 Å². The summed E-state index contributed by atoms with van der Waals surface area (Å²) in [6.45, 7) is 1.87. The van der Waals surface area contributed by atoms with E-state index in [1.807, 2.05) is 0 Å². The first kappa shape index (κ1) is 22.0. The van der Waals surface area contributed by atoms with Crippen LogP contribution in [-0.2, 0) is 5.54 Å². The van der Waals surface area contributed by atoms with Crippen LogP contribution >= 0.6 is 0 Å². The molecule has 0 spiro atoms.